The van der Waals surface area contributed by atoms with Crippen LogP contribution in [0.2, 0.25) is 0 Å². The number of para-hydroxylation sites is 1. The smallest absolute Gasteiger partial charge is 0.341 e. The number of rotatable bonds is 9. The summed E-state index contributed by atoms with van der Waals surface area (Å²) in [6, 6.07) is 13.4. The number of carbonyl (C=O) groups is 2. The largest absolute Gasteiger partial charge is 0.449 e. The highest BCUT2D eigenvalue weighted by atomic mass is 32.2. The van der Waals surface area contributed by atoms with Gasteiger partial charge in [-0.2, -0.15) is 8.78 Å². The Morgan fingerprint density at radius 3 is 2.41 bits per heavy atom. The van der Waals surface area contributed by atoms with Gasteiger partial charge in [-0.1, -0.05) is 30.3 Å². The van der Waals surface area contributed by atoms with Gasteiger partial charge in [-0.15, -0.1) is 0 Å². The summed E-state index contributed by atoms with van der Waals surface area (Å²) < 4.78 is 30.5. The molecule has 2 saturated carbocycles. The highest BCUT2D eigenvalue weighted by Crippen LogP contribution is 2.49. The summed E-state index contributed by atoms with van der Waals surface area (Å²) in [6.07, 6.45) is 4.07. The maximum atomic E-state index is 12.9. The lowest BCUT2D eigenvalue weighted by Gasteiger charge is -2.29. The van der Waals surface area contributed by atoms with Gasteiger partial charge in [0.05, 0.1) is 11.3 Å². The van der Waals surface area contributed by atoms with E-state index in [4.69, 9.17) is 4.74 Å². The highest BCUT2D eigenvalue weighted by Gasteiger charge is 2.42. The molecule has 182 valence electrons. The second-order valence-corrected chi connectivity index (χ2v) is 10.3. The number of halogens is 2. The third kappa shape index (κ3) is 5.90. The fourth-order valence-electron chi connectivity index (χ4n) is 5.28. The standard InChI is InChI=1S/C26H30F2N2O3S/c1-15(22-14-17-7-8-18(22)13-17)29-24(31)16(2)33-25(32)21-5-3-4-6-23(21)30-19-9-11-20(12-10-19)34-26(27)28/h3-6,9-12,15-18,22,26,30H,7-8,13-14H2,1-2H3,(H,29,31)/t15-,16+,17+,18+,22-/m1/s1. The van der Waals surface area contributed by atoms with Gasteiger partial charge in [0, 0.05) is 16.6 Å². The zero-order valence-corrected chi connectivity index (χ0v) is 20.1. The average molecular weight is 489 g/mol. The number of benzene rings is 2. The molecule has 0 aromatic heterocycles. The molecule has 2 bridgehead atoms. The Morgan fingerprint density at radius 2 is 1.76 bits per heavy atom. The molecule has 5 nitrogen and oxygen atoms in total. The summed E-state index contributed by atoms with van der Waals surface area (Å²) in [7, 11) is 0. The van der Waals surface area contributed by atoms with Gasteiger partial charge in [-0.3, -0.25) is 4.79 Å². The first kappa shape index (κ1) is 24.5. The third-order valence-electron chi connectivity index (χ3n) is 6.96. The molecule has 0 radical (unpaired) electrons. The van der Waals surface area contributed by atoms with Crippen molar-refractivity contribution in [2.75, 3.05) is 5.32 Å². The zero-order chi connectivity index (χ0) is 24.2. The fraction of sp³-hybridized carbons (Fsp3) is 0.462. The molecule has 0 heterocycles. The minimum atomic E-state index is -2.48. The number of esters is 1. The molecule has 34 heavy (non-hydrogen) atoms. The molecule has 5 atom stereocenters. The van der Waals surface area contributed by atoms with Gasteiger partial charge < -0.3 is 15.4 Å². The molecule has 0 saturated heterocycles. The van der Waals surface area contributed by atoms with Crippen molar-refractivity contribution in [3.8, 4) is 0 Å². The molecule has 2 aromatic rings. The van der Waals surface area contributed by atoms with E-state index in [9.17, 15) is 18.4 Å². The van der Waals surface area contributed by atoms with Crippen LogP contribution in [-0.4, -0.2) is 29.8 Å². The zero-order valence-electron chi connectivity index (χ0n) is 19.3. The van der Waals surface area contributed by atoms with E-state index in [1.54, 1.807) is 55.5 Å². The van der Waals surface area contributed by atoms with Crippen molar-refractivity contribution in [2.45, 2.75) is 62.3 Å². The van der Waals surface area contributed by atoms with Gasteiger partial charge in [0.25, 0.3) is 11.7 Å². The van der Waals surface area contributed by atoms with Gasteiger partial charge in [-0.05, 0) is 87.3 Å². The number of alkyl halides is 2. The Labute approximate surface area is 203 Å². The second kappa shape index (κ2) is 10.8. The van der Waals surface area contributed by atoms with Crippen LogP contribution in [0.5, 0.6) is 0 Å². The number of ether oxygens (including phenoxy) is 1. The molecule has 1 amide bonds. The number of carbonyl (C=O) groups excluding carboxylic acids is 2. The maximum absolute atomic E-state index is 12.9. The van der Waals surface area contributed by atoms with Crippen molar-refractivity contribution >= 4 is 35.0 Å². The number of nitrogens with one attached hydrogen (secondary N) is 2. The normalized spacial score (nSPS) is 22.9. The van der Waals surface area contributed by atoms with E-state index in [-0.39, 0.29) is 17.5 Å². The van der Waals surface area contributed by atoms with Crippen LogP contribution in [0.15, 0.2) is 53.4 Å². The second-order valence-electron chi connectivity index (χ2n) is 9.26. The topological polar surface area (TPSA) is 67.4 Å². The average Bonchev–Trinajstić information content (AvgIpc) is 3.44. The Morgan fingerprint density at radius 1 is 1.03 bits per heavy atom. The molecule has 0 spiro atoms. The van der Waals surface area contributed by atoms with Gasteiger partial charge in [0.1, 0.15) is 0 Å². The van der Waals surface area contributed by atoms with Crippen molar-refractivity contribution in [1.29, 1.82) is 0 Å². The number of thioether (sulfide) groups is 1. The first-order valence-corrected chi connectivity index (χ1v) is 12.6. The highest BCUT2D eigenvalue weighted by molar-refractivity contribution is 7.99. The van der Waals surface area contributed by atoms with Crippen LogP contribution in [0.3, 0.4) is 0 Å². The molecular weight excluding hydrogens is 458 g/mol. The van der Waals surface area contributed by atoms with E-state index in [1.807, 2.05) is 6.92 Å². The summed E-state index contributed by atoms with van der Waals surface area (Å²) >= 11 is 0.473. The number of hydrogen-bond donors (Lipinski definition) is 2. The third-order valence-corrected chi connectivity index (χ3v) is 7.69. The molecule has 2 aliphatic rings. The van der Waals surface area contributed by atoms with E-state index in [1.165, 1.54) is 25.7 Å². The quantitative estimate of drug-likeness (QED) is 0.323. The van der Waals surface area contributed by atoms with Gasteiger partial charge in [0.2, 0.25) is 0 Å². The molecular formula is C26H30F2N2O3S. The van der Waals surface area contributed by atoms with E-state index in [0.717, 1.165) is 5.92 Å². The first-order chi connectivity index (χ1) is 16.3. The van der Waals surface area contributed by atoms with Crippen LogP contribution in [0, 0.1) is 17.8 Å². The lowest BCUT2D eigenvalue weighted by molar-refractivity contribution is -0.130. The van der Waals surface area contributed by atoms with Gasteiger partial charge in [0.15, 0.2) is 6.10 Å². The van der Waals surface area contributed by atoms with Crippen LogP contribution >= 0.6 is 11.8 Å². The molecule has 4 rings (SSSR count). The van der Waals surface area contributed by atoms with Crippen LogP contribution in [0.1, 0.15) is 49.9 Å². The van der Waals surface area contributed by atoms with Crippen LogP contribution in [0.4, 0.5) is 20.2 Å². The van der Waals surface area contributed by atoms with Crippen molar-refractivity contribution < 1.29 is 23.1 Å². The van der Waals surface area contributed by atoms with Crippen molar-refractivity contribution in [2.24, 2.45) is 17.8 Å². The number of anilines is 2. The molecule has 0 aliphatic heterocycles. The summed E-state index contributed by atoms with van der Waals surface area (Å²) in [5.41, 5.74) is 1.43. The van der Waals surface area contributed by atoms with Gasteiger partial charge >= 0.3 is 5.97 Å². The molecule has 8 heteroatoms. The summed E-state index contributed by atoms with van der Waals surface area (Å²) in [5, 5.41) is 6.17. The van der Waals surface area contributed by atoms with Crippen LogP contribution in [-0.2, 0) is 9.53 Å². The number of fused-ring (bicyclic) bond motifs is 2. The monoisotopic (exact) mass is 488 g/mol. The van der Waals surface area contributed by atoms with Crippen molar-refractivity contribution in [3.63, 3.8) is 0 Å². The molecule has 2 aliphatic carbocycles. The Hall–Kier alpha value is -2.61. The minimum Gasteiger partial charge on any atom is -0.449 e. The summed E-state index contributed by atoms with van der Waals surface area (Å²) in [6.45, 7) is 3.62. The minimum absolute atomic E-state index is 0.0594. The van der Waals surface area contributed by atoms with E-state index in [2.05, 4.69) is 10.6 Å². The Balaban J connectivity index is 1.35. The molecule has 2 N–H and O–H groups in total. The molecule has 2 aromatic carbocycles. The first-order valence-electron chi connectivity index (χ1n) is 11.7. The summed E-state index contributed by atoms with van der Waals surface area (Å²) in [5.74, 6) is -1.39. The Bertz CT molecular complexity index is 1020. The van der Waals surface area contributed by atoms with E-state index >= 15 is 0 Å². The molecule has 0 unspecified atom stereocenters. The predicted octanol–water partition coefficient (Wildman–Crippen LogP) is 6.23. The summed E-state index contributed by atoms with van der Waals surface area (Å²) in [4.78, 5) is 26.0. The molecule has 2 fully saturated rings. The number of amides is 1. The van der Waals surface area contributed by atoms with Crippen molar-refractivity contribution in [1.82, 2.24) is 5.32 Å². The number of hydrogen-bond acceptors (Lipinski definition) is 5. The Kier molecular flexibility index (Phi) is 7.76. The fourth-order valence-corrected chi connectivity index (χ4v) is 5.78. The van der Waals surface area contributed by atoms with Crippen LogP contribution < -0.4 is 10.6 Å². The van der Waals surface area contributed by atoms with E-state index < -0.39 is 17.8 Å². The maximum Gasteiger partial charge on any atom is 0.341 e. The lowest BCUT2D eigenvalue weighted by atomic mass is 9.84. The predicted molar refractivity (Wildman–Crippen MR) is 129 cm³/mol. The lowest BCUT2D eigenvalue weighted by Crippen LogP contribution is -2.45. The SMILES string of the molecule is C[C@H](OC(=O)c1ccccc1Nc1ccc(SC(F)F)cc1)C(=O)N[C@H](C)[C@H]1C[C@H]2CC[C@H]1C2. The van der Waals surface area contributed by atoms with E-state index in [0.29, 0.717) is 39.9 Å². The van der Waals surface area contributed by atoms with Gasteiger partial charge in [-0.25, -0.2) is 4.79 Å². The van der Waals surface area contributed by atoms with Crippen molar-refractivity contribution in [3.05, 3.63) is 54.1 Å². The van der Waals surface area contributed by atoms with Crippen LogP contribution in [0.25, 0.3) is 0 Å².